The van der Waals surface area contributed by atoms with Crippen molar-refractivity contribution in [3.63, 3.8) is 0 Å². The predicted octanol–water partition coefficient (Wildman–Crippen LogP) is 5.50. The molecule has 0 saturated heterocycles. The van der Waals surface area contributed by atoms with E-state index >= 15 is 0 Å². The van der Waals surface area contributed by atoms with Gasteiger partial charge in [0.25, 0.3) is 0 Å². The Kier molecular flexibility index (Phi) is 11.9. The fourth-order valence-electron chi connectivity index (χ4n) is 1.63. The maximum absolute atomic E-state index is 10.7. The fraction of sp³-hybridized carbons (Fsp3) is 0.182. The van der Waals surface area contributed by atoms with Crippen molar-refractivity contribution >= 4 is 10.1 Å². The maximum atomic E-state index is 10.7. The molecule has 0 aliphatic rings. The quantitative estimate of drug-likeness (QED) is 0.253. The summed E-state index contributed by atoms with van der Waals surface area (Å²) in [5.74, 6) is 0.988. The van der Waals surface area contributed by atoms with Gasteiger partial charge in [-0.2, -0.15) is 21.6 Å². The molecule has 0 aromatic heterocycles. The van der Waals surface area contributed by atoms with Crippen LogP contribution in [-0.4, -0.2) is 33.8 Å². The van der Waals surface area contributed by atoms with Gasteiger partial charge < -0.3 is 15.3 Å². The van der Waals surface area contributed by atoms with E-state index in [2.05, 4.69) is 0 Å². The van der Waals surface area contributed by atoms with E-state index in [4.69, 9.17) is 28.3 Å². The molecule has 0 heterocycles. The Labute approximate surface area is 185 Å². The number of hydrogen-bond donors (Lipinski definition) is 4. The van der Waals surface area contributed by atoms with Crippen molar-refractivity contribution in [2.75, 3.05) is 0 Å². The van der Waals surface area contributed by atoms with Gasteiger partial charge in [-0.05, 0) is 57.2 Å². The molecule has 3 aromatic rings. The topological polar surface area (TPSA) is 115 Å². The van der Waals surface area contributed by atoms with E-state index < -0.39 is 15.6 Å². The van der Waals surface area contributed by atoms with E-state index in [1.54, 1.807) is 36.4 Å². The second-order valence-electron chi connectivity index (χ2n) is 6.43. The molecule has 0 saturated carbocycles. The van der Waals surface area contributed by atoms with Crippen molar-refractivity contribution in [1.29, 1.82) is 0 Å². The number of alkyl halides is 3. The van der Waals surface area contributed by atoms with Crippen molar-refractivity contribution < 1.29 is 41.5 Å². The first-order valence-corrected chi connectivity index (χ1v) is 10.4. The molecule has 0 unspecified atom stereocenters. The van der Waals surface area contributed by atoms with E-state index in [1.807, 2.05) is 57.2 Å². The van der Waals surface area contributed by atoms with Gasteiger partial charge in [0.2, 0.25) is 0 Å². The SMILES string of the molecule is Cc1ccc(O)cc1.Cc1ccc(O)cc1.Cc1ccc(O)cc1.O=S(=O)(O)C(F)(F)F. The molecule has 4 N–H and O–H groups in total. The molecule has 0 amide bonds. The summed E-state index contributed by atoms with van der Waals surface area (Å²) in [4.78, 5) is 0. The number of aryl methyl sites for hydroxylation is 3. The summed E-state index contributed by atoms with van der Waals surface area (Å²) < 4.78 is 57.5. The summed E-state index contributed by atoms with van der Waals surface area (Å²) in [6.07, 6.45) is 0. The van der Waals surface area contributed by atoms with Crippen molar-refractivity contribution in [3.8, 4) is 17.2 Å². The molecule has 0 bridgehead atoms. The molecule has 0 aliphatic heterocycles. The number of phenolic OH excluding ortho intramolecular Hbond substituents is 3. The smallest absolute Gasteiger partial charge is 0.508 e. The van der Waals surface area contributed by atoms with E-state index in [9.17, 15) is 13.2 Å². The molecule has 0 fully saturated rings. The Balaban J connectivity index is 0.000000400. The highest BCUT2D eigenvalue weighted by Crippen LogP contribution is 2.20. The molecule has 6 nitrogen and oxygen atoms in total. The zero-order valence-corrected chi connectivity index (χ0v) is 18.4. The first kappa shape index (κ1) is 28.8. The van der Waals surface area contributed by atoms with Crippen molar-refractivity contribution in [3.05, 3.63) is 89.5 Å². The summed E-state index contributed by atoms with van der Waals surface area (Å²) in [6, 6.07) is 21.3. The van der Waals surface area contributed by atoms with Crippen molar-refractivity contribution in [1.82, 2.24) is 0 Å². The summed E-state index contributed by atoms with van der Waals surface area (Å²) in [5.41, 5.74) is -2.03. The third-order valence-corrected chi connectivity index (χ3v) is 3.98. The third-order valence-electron chi connectivity index (χ3n) is 3.39. The minimum atomic E-state index is -5.84. The number of benzene rings is 3. The molecule has 32 heavy (non-hydrogen) atoms. The molecule has 0 atom stereocenters. The average molecular weight is 474 g/mol. The molecular weight excluding hydrogens is 449 g/mol. The molecular formula is C22H25F3O6S. The number of hydrogen-bond acceptors (Lipinski definition) is 5. The number of halogens is 3. The van der Waals surface area contributed by atoms with E-state index in [0.717, 1.165) is 0 Å². The second kappa shape index (κ2) is 13.2. The molecule has 10 heteroatoms. The highest BCUT2D eigenvalue weighted by atomic mass is 32.2. The average Bonchev–Trinajstić information content (AvgIpc) is 2.69. The van der Waals surface area contributed by atoms with Crippen LogP contribution in [0.1, 0.15) is 16.7 Å². The minimum Gasteiger partial charge on any atom is -0.508 e. The Morgan fingerprint density at radius 2 is 0.719 bits per heavy atom. The van der Waals surface area contributed by atoms with Crippen LogP contribution in [0.3, 0.4) is 0 Å². The van der Waals surface area contributed by atoms with Crippen LogP contribution in [0.5, 0.6) is 17.2 Å². The minimum absolute atomic E-state index is 0.329. The van der Waals surface area contributed by atoms with E-state index in [0.29, 0.717) is 17.2 Å². The molecule has 3 aromatic carbocycles. The second-order valence-corrected chi connectivity index (χ2v) is 7.84. The van der Waals surface area contributed by atoms with Crippen LogP contribution in [0, 0.1) is 20.8 Å². The largest absolute Gasteiger partial charge is 0.522 e. The van der Waals surface area contributed by atoms with Crippen LogP contribution >= 0.6 is 0 Å². The van der Waals surface area contributed by atoms with Gasteiger partial charge in [0, 0.05) is 0 Å². The lowest BCUT2D eigenvalue weighted by Gasteiger charge is -1.97. The monoisotopic (exact) mass is 474 g/mol. The highest BCUT2D eigenvalue weighted by molar-refractivity contribution is 7.86. The first-order chi connectivity index (χ1) is 14.6. The zero-order chi connectivity index (χ0) is 24.9. The predicted molar refractivity (Wildman–Crippen MR) is 116 cm³/mol. The molecule has 176 valence electrons. The van der Waals surface area contributed by atoms with Gasteiger partial charge in [0.15, 0.2) is 0 Å². The number of aromatic hydroxyl groups is 3. The molecule has 3 rings (SSSR count). The number of phenols is 3. The lowest BCUT2D eigenvalue weighted by molar-refractivity contribution is -0.0510. The van der Waals surface area contributed by atoms with E-state index in [-0.39, 0.29) is 0 Å². The van der Waals surface area contributed by atoms with Crippen LogP contribution < -0.4 is 0 Å². The number of rotatable bonds is 0. The van der Waals surface area contributed by atoms with Gasteiger partial charge in [0.1, 0.15) is 17.2 Å². The molecule has 0 spiro atoms. The van der Waals surface area contributed by atoms with Crippen LogP contribution in [0.2, 0.25) is 0 Å². The summed E-state index contributed by atoms with van der Waals surface area (Å²) >= 11 is 0. The van der Waals surface area contributed by atoms with Gasteiger partial charge in [-0.1, -0.05) is 53.1 Å². The Morgan fingerprint density at radius 1 is 0.562 bits per heavy atom. The summed E-state index contributed by atoms with van der Waals surface area (Å²) in [6.45, 7) is 5.96. The van der Waals surface area contributed by atoms with Gasteiger partial charge in [-0.15, -0.1) is 0 Å². The van der Waals surface area contributed by atoms with E-state index in [1.165, 1.54) is 16.7 Å². The Bertz CT molecular complexity index is 849. The van der Waals surface area contributed by atoms with Crippen LogP contribution in [-0.2, 0) is 10.1 Å². The van der Waals surface area contributed by atoms with Gasteiger partial charge in [-0.25, -0.2) is 0 Å². The maximum Gasteiger partial charge on any atom is 0.522 e. The van der Waals surface area contributed by atoms with Gasteiger partial charge in [0.05, 0.1) is 0 Å². The standard InChI is InChI=1S/3C7H8O.CHF3O3S/c3*1-6-2-4-7(8)5-3-6;2-1(3,4)8(5,6)7/h3*2-5,8H,1H3;(H,5,6,7). The third kappa shape index (κ3) is 13.9. The highest BCUT2D eigenvalue weighted by Gasteiger charge is 2.44. The summed E-state index contributed by atoms with van der Waals surface area (Å²) in [7, 11) is -5.84. The Morgan fingerprint density at radius 3 is 0.812 bits per heavy atom. The van der Waals surface area contributed by atoms with Crippen molar-refractivity contribution in [2.45, 2.75) is 26.3 Å². The van der Waals surface area contributed by atoms with Gasteiger partial charge >= 0.3 is 15.6 Å². The molecule has 0 radical (unpaired) electrons. The lowest BCUT2D eigenvalue weighted by atomic mass is 10.2. The van der Waals surface area contributed by atoms with Crippen LogP contribution in [0.15, 0.2) is 72.8 Å². The molecule has 0 aliphatic carbocycles. The van der Waals surface area contributed by atoms with Gasteiger partial charge in [-0.3, -0.25) is 4.55 Å². The normalized spacial score (nSPS) is 10.3. The fourth-order valence-corrected chi connectivity index (χ4v) is 1.63. The van der Waals surface area contributed by atoms with Crippen LogP contribution in [0.4, 0.5) is 13.2 Å². The summed E-state index contributed by atoms with van der Waals surface area (Å²) in [5, 5.41) is 26.3. The van der Waals surface area contributed by atoms with Crippen LogP contribution in [0.25, 0.3) is 0 Å². The van der Waals surface area contributed by atoms with Crippen molar-refractivity contribution in [2.24, 2.45) is 0 Å². The lowest BCUT2D eigenvalue weighted by Crippen LogP contribution is -2.21. The zero-order valence-electron chi connectivity index (χ0n) is 17.6. The first-order valence-electron chi connectivity index (χ1n) is 8.92. The Hall–Kier alpha value is -3.24.